The fourth-order valence-electron chi connectivity index (χ4n) is 2.29. The third-order valence-electron chi connectivity index (χ3n) is 3.03. The van der Waals surface area contributed by atoms with Crippen molar-refractivity contribution in [3.05, 3.63) is 0 Å². The van der Waals surface area contributed by atoms with Crippen LogP contribution in [0.3, 0.4) is 0 Å². The highest BCUT2D eigenvalue weighted by molar-refractivity contribution is 4.87. The minimum absolute atomic E-state index is 0.0966. The van der Waals surface area contributed by atoms with E-state index < -0.39 is 0 Å². The van der Waals surface area contributed by atoms with E-state index in [0.717, 1.165) is 13.1 Å². The highest BCUT2D eigenvalue weighted by Crippen LogP contribution is 2.19. The zero-order valence-electron chi connectivity index (χ0n) is 7.43. The minimum Gasteiger partial charge on any atom is -0.309 e. The van der Waals surface area contributed by atoms with E-state index in [1.807, 2.05) is 0 Å². The second-order valence-electron chi connectivity index (χ2n) is 3.90. The van der Waals surface area contributed by atoms with Crippen molar-refractivity contribution < 1.29 is 4.39 Å². The third kappa shape index (κ3) is 1.62. The minimum atomic E-state index is -0.219. The van der Waals surface area contributed by atoms with Gasteiger partial charge in [0.1, 0.15) is 6.67 Å². The number of hydrogen-bond acceptors (Lipinski definition) is 2. The monoisotopic (exact) mass is 172 g/mol. The molecule has 0 aliphatic carbocycles. The van der Waals surface area contributed by atoms with Crippen molar-refractivity contribution in [3.63, 3.8) is 0 Å². The Bertz CT molecular complexity index is 151. The molecule has 70 valence electrons. The quantitative estimate of drug-likeness (QED) is 0.629. The summed E-state index contributed by atoms with van der Waals surface area (Å²) in [6.45, 7) is 2.88. The maximum absolute atomic E-state index is 12.3. The summed E-state index contributed by atoms with van der Waals surface area (Å²) in [7, 11) is 0. The van der Waals surface area contributed by atoms with Gasteiger partial charge in [0.2, 0.25) is 0 Å². The number of nitrogens with one attached hydrogen (secondary N) is 1. The highest BCUT2D eigenvalue weighted by atomic mass is 19.1. The summed E-state index contributed by atoms with van der Waals surface area (Å²) in [6, 6.07) is 0.792. The van der Waals surface area contributed by atoms with Gasteiger partial charge in [0.25, 0.3) is 0 Å². The van der Waals surface area contributed by atoms with E-state index in [9.17, 15) is 4.39 Å². The molecule has 0 saturated carbocycles. The van der Waals surface area contributed by atoms with E-state index in [-0.39, 0.29) is 12.7 Å². The fourth-order valence-corrected chi connectivity index (χ4v) is 2.29. The van der Waals surface area contributed by atoms with Crippen LogP contribution in [0.25, 0.3) is 0 Å². The van der Waals surface area contributed by atoms with Crippen LogP contribution < -0.4 is 5.32 Å². The van der Waals surface area contributed by atoms with Gasteiger partial charge in [-0.1, -0.05) is 6.42 Å². The van der Waals surface area contributed by atoms with Crippen molar-refractivity contribution in [1.82, 2.24) is 10.2 Å². The standard InChI is InChI=1S/C9H17FN2/c10-5-8-7-12-4-2-1-3-9(12)6-11-8/h8-9,11H,1-7H2. The Labute approximate surface area is 73.1 Å². The Hall–Kier alpha value is -0.150. The summed E-state index contributed by atoms with van der Waals surface area (Å²) >= 11 is 0. The van der Waals surface area contributed by atoms with Gasteiger partial charge in [-0.2, -0.15) is 0 Å². The number of fused-ring (bicyclic) bond motifs is 1. The fraction of sp³-hybridized carbons (Fsp3) is 1.00. The van der Waals surface area contributed by atoms with Gasteiger partial charge >= 0.3 is 0 Å². The second-order valence-corrected chi connectivity index (χ2v) is 3.90. The van der Waals surface area contributed by atoms with Crippen LogP contribution in [-0.2, 0) is 0 Å². The summed E-state index contributed by atoms with van der Waals surface area (Å²) in [4.78, 5) is 2.45. The number of alkyl halides is 1. The number of piperidine rings is 1. The molecular formula is C9H17FN2. The average molecular weight is 172 g/mol. The molecule has 0 aromatic carbocycles. The molecule has 2 rings (SSSR count). The van der Waals surface area contributed by atoms with Crippen molar-refractivity contribution >= 4 is 0 Å². The number of hydrogen-bond donors (Lipinski definition) is 1. The average Bonchev–Trinajstić information content (AvgIpc) is 2.17. The lowest BCUT2D eigenvalue weighted by molar-refractivity contribution is 0.0874. The zero-order valence-corrected chi connectivity index (χ0v) is 7.43. The lowest BCUT2D eigenvalue weighted by Gasteiger charge is -2.42. The summed E-state index contributed by atoms with van der Waals surface area (Å²) in [5, 5.41) is 3.25. The van der Waals surface area contributed by atoms with Crippen molar-refractivity contribution in [2.45, 2.75) is 31.3 Å². The second kappa shape index (κ2) is 3.71. The van der Waals surface area contributed by atoms with E-state index >= 15 is 0 Å². The topological polar surface area (TPSA) is 15.3 Å². The molecule has 0 amide bonds. The van der Waals surface area contributed by atoms with E-state index in [0.29, 0.717) is 6.04 Å². The molecule has 2 heterocycles. The molecule has 2 aliphatic heterocycles. The molecule has 2 aliphatic rings. The van der Waals surface area contributed by atoms with Crippen molar-refractivity contribution in [2.75, 3.05) is 26.3 Å². The molecule has 0 aromatic heterocycles. The maximum Gasteiger partial charge on any atom is 0.106 e. The van der Waals surface area contributed by atoms with Gasteiger partial charge in [-0.3, -0.25) is 4.90 Å². The van der Waals surface area contributed by atoms with E-state index in [2.05, 4.69) is 10.2 Å². The summed E-state index contributed by atoms with van der Waals surface area (Å²) in [5.41, 5.74) is 0. The number of rotatable bonds is 1. The van der Waals surface area contributed by atoms with Crippen molar-refractivity contribution in [1.29, 1.82) is 0 Å². The summed E-state index contributed by atoms with van der Waals surface area (Å²) < 4.78 is 12.3. The number of nitrogens with zero attached hydrogens (tertiary/aromatic N) is 1. The van der Waals surface area contributed by atoms with Crippen LogP contribution in [-0.4, -0.2) is 43.3 Å². The van der Waals surface area contributed by atoms with Gasteiger partial charge in [-0.05, 0) is 19.4 Å². The van der Waals surface area contributed by atoms with E-state index in [1.165, 1.54) is 25.8 Å². The summed E-state index contributed by atoms with van der Waals surface area (Å²) in [5.74, 6) is 0. The number of piperazine rings is 1. The smallest absolute Gasteiger partial charge is 0.106 e. The van der Waals surface area contributed by atoms with Gasteiger partial charge in [-0.15, -0.1) is 0 Å². The molecule has 2 saturated heterocycles. The van der Waals surface area contributed by atoms with E-state index in [1.54, 1.807) is 0 Å². The van der Waals surface area contributed by atoms with Gasteiger partial charge in [0, 0.05) is 25.2 Å². The Balaban J connectivity index is 1.90. The SMILES string of the molecule is FCC1CN2CCCCC2CN1. The number of halogens is 1. The van der Waals surface area contributed by atoms with Gasteiger partial charge in [0.15, 0.2) is 0 Å². The van der Waals surface area contributed by atoms with Crippen LogP contribution in [0.5, 0.6) is 0 Å². The molecular weight excluding hydrogens is 155 g/mol. The molecule has 0 spiro atoms. The van der Waals surface area contributed by atoms with Crippen LogP contribution in [0.2, 0.25) is 0 Å². The zero-order chi connectivity index (χ0) is 8.39. The normalized spacial score (nSPS) is 37.8. The van der Waals surface area contributed by atoms with Crippen LogP contribution in [0.15, 0.2) is 0 Å². The molecule has 0 radical (unpaired) electrons. The molecule has 2 nitrogen and oxygen atoms in total. The Morgan fingerprint density at radius 1 is 1.42 bits per heavy atom. The lowest BCUT2D eigenvalue weighted by atomic mass is 9.98. The molecule has 3 heteroatoms. The van der Waals surface area contributed by atoms with Crippen molar-refractivity contribution in [2.24, 2.45) is 0 Å². The summed E-state index contributed by atoms with van der Waals surface area (Å²) in [6.07, 6.45) is 3.95. The maximum atomic E-state index is 12.3. The third-order valence-corrected chi connectivity index (χ3v) is 3.03. The molecule has 12 heavy (non-hydrogen) atoms. The molecule has 0 aromatic rings. The van der Waals surface area contributed by atoms with Gasteiger partial charge in [0.05, 0.1) is 0 Å². The first-order valence-electron chi connectivity index (χ1n) is 4.93. The predicted molar refractivity (Wildman–Crippen MR) is 47.0 cm³/mol. The van der Waals surface area contributed by atoms with Crippen LogP contribution in [0.1, 0.15) is 19.3 Å². The first kappa shape index (κ1) is 8.45. The highest BCUT2D eigenvalue weighted by Gasteiger charge is 2.29. The predicted octanol–water partition coefficient (Wildman–Crippen LogP) is 0.782. The van der Waals surface area contributed by atoms with Crippen LogP contribution in [0.4, 0.5) is 4.39 Å². The molecule has 2 unspecified atom stereocenters. The van der Waals surface area contributed by atoms with Gasteiger partial charge < -0.3 is 5.32 Å². The molecule has 2 atom stereocenters. The van der Waals surface area contributed by atoms with Crippen LogP contribution >= 0.6 is 0 Å². The first-order chi connectivity index (χ1) is 5.90. The molecule has 1 N–H and O–H groups in total. The van der Waals surface area contributed by atoms with Crippen molar-refractivity contribution in [3.8, 4) is 0 Å². The Morgan fingerprint density at radius 3 is 3.17 bits per heavy atom. The van der Waals surface area contributed by atoms with Crippen LogP contribution in [0, 0.1) is 0 Å². The molecule has 0 bridgehead atoms. The molecule has 2 fully saturated rings. The Morgan fingerprint density at radius 2 is 2.33 bits per heavy atom. The largest absolute Gasteiger partial charge is 0.309 e. The van der Waals surface area contributed by atoms with Gasteiger partial charge in [-0.25, -0.2) is 4.39 Å². The Kier molecular flexibility index (Phi) is 2.61. The van der Waals surface area contributed by atoms with E-state index in [4.69, 9.17) is 0 Å². The lowest BCUT2D eigenvalue weighted by Crippen LogP contribution is -2.58. The first-order valence-corrected chi connectivity index (χ1v) is 4.93.